The zero-order chi connectivity index (χ0) is 14.8. The fourth-order valence-corrected chi connectivity index (χ4v) is 3.37. The van der Waals surface area contributed by atoms with Crippen LogP contribution in [0, 0.1) is 6.92 Å². The molecule has 0 atom stereocenters. The molecule has 0 aliphatic carbocycles. The monoisotopic (exact) mass is 321 g/mol. The molecule has 1 aromatic carbocycles. The third-order valence-corrected chi connectivity index (χ3v) is 4.73. The van der Waals surface area contributed by atoms with Crippen LogP contribution >= 0.6 is 22.9 Å². The van der Waals surface area contributed by atoms with E-state index in [1.165, 1.54) is 11.3 Å². The van der Waals surface area contributed by atoms with E-state index < -0.39 is 0 Å². The highest BCUT2D eigenvalue weighted by atomic mass is 35.5. The minimum atomic E-state index is 0.0406. The Bertz CT molecular complexity index is 650. The van der Waals surface area contributed by atoms with E-state index in [0.29, 0.717) is 18.1 Å². The van der Waals surface area contributed by atoms with Gasteiger partial charge in [-0.15, -0.1) is 11.3 Å². The number of halogens is 1. The maximum absolute atomic E-state index is 12.3. The first-order valence-corrected chi connectivity index (χ1v) is 8.11. The van der Waals surface area contributed by atoms with Crippen molar-refractivity contribution in [2.24, 2.45) is 0 Å². The second-order valence-corrected chi connectivity index (χ2v) is 6.35. The molecule has 1 saturated heterocycles. The van der Waals surface area contributed by atoms with Crippen LogP contribution < -0.4 is 4.90 Å². The standard InChI is InChI=1S/C15H16ClN3OS/c1-11-10-21-14(17-11)15(20)19-7-5-18(6-8-19)13-4-2-3-12(16)9-13/h2-4,9-10H,5-8H2,1H3. The van der Waals surface area contributed by atoms with Crippen LogP contribution in [-0.4, -0.2) is 42.0 Å². The maximum Gasteiger partial charge on any atom is 0.282 e. The maximum atomic E-state index is 12.3. The second-order valence-electron chi connectivity index (χ2n) is 5.05. The zero-order valence-corrected chi connectivity index (χ0v) is 13.3. The minimum absolute atomic E-state index is 0.0406. The number of carbonyl (C=O) groups excluding carboxylic acids is 1. The predicted octanol–water partition coefficient (Wildman–Crippen LogP) is 3.07. The van der Waals surface area contributed by atoms with Crippen molar-refractivity contribution < 1.29 is 4.79 Å². The summed E-state index contributed by atoms with van der Waals surface area (Å²) in [4.78, 5) is 20.7. The van der Waals surface area contributed by atoms with Gasteiger partial charge in [-0.2, -0.15) is 0 Å². The quantitative estimate of drug-likeness (QED) is 0.853. The highest BCUT2D eigenvalue weighted by Crippen LogP contribution is 2.21. The first-order chi connectivity index (χ1) is 10.1. The summed E-state index contributed by atoms with van der Waals surface area (Å²) in [6, 6.07) is 7.83. The lowest BCUT2D eigenvalue weighted by atomic mass is 10.2. The summed E-state index contributed by atoms with van der Waals surface area (Å²) in [7, 11) is 0. The molecule has 0 spiro atoms. The Kier molecular flexibility index (Phi) is 4.12. The van der Waals surface area contributed by atoms with Gasteiger partial charge in [0.2, 0.25) is 0 Å². The summed E-state index contributed by atoms with van der Waals surface area (Å²) < 4.78 is 0. The molecule has 3 rings (SSSR count). The Morgan fingerprint density at radius 2 is 2.05 bits per heavy atom. The fraction of sp³-hybridized carbons (Fsp3) is 0.333. The molecule has 110 valence electrons. The third-order valence-electron chi connectivity index (χ3n) is 3.54. The van der Waals surface area contributed by atoms with Gasteiger partial charge in [-0.05, 0) is 25.1 Å². The van der Waals surface area contributed by atoms with Crippen LogP contribution in [0.4, 0.5) is 5.69 Å². The highest BCUT2D eigenvalue weighted by molar-refractivity contribution is 7.11. The Morgan fingerprint density at radius 3 is 2.67 bits per heavy atom. The number of benzene rings is 1. The van der Waals surface area contributed by atoms with Crippen LogP contribution in [0.15, 0.2) is 29.6 Å². The molecule has 21 heavy (non-hydrogen) atoms. The molecule has 2 heterocycles. The molecule has 0 radical (unpaired) electrons. The molecule has 1 aliphatic rings. The number of hydrogen-bond donors (Lipinski definition) is 0. The number of rotatable bonds is 2. The van der Waals surface area contributed by atoms with Gasteiger partial charge in [-0.25, -0.2) is 4.98 Å². The third kappa shape index (κ3) is 3.19. The van der Waals surface area contributed by atoms with Gasteiger partial charge in [0.05, 0.1) is 0 Å². The van der Waals surface area contributed by atoms with Gasteiger partial charge in [-0.1, -0.05) is 17.7 Å². The van der Waals surface area contributed by atoms with E-state index in [-0.39, 0.29) is 5.91 Å². The predicted molar refractivity (Wildman–Crippen MR) is 86.4 cm³/mol. The van der Waals surface area contributed by atoms with Crippen molar-refractivity contribution in [3.8, 4) is 0 Å². The number of anilines is 1. The molecular formula is C15H16ClN3OS. The normalized spacial score (nSPS) is 15.3. The number of amides is 1. The number of piperazine rings is 1. The van der Waals surface area contributed by atoms with Crippen molar-refractivity contribution >= 4 is 34.5 Å². The SMILES string of the molecule is Cc1csc(C(=O)N2CCN(c3cccc(Cl)c3)CC2)n1. The highest BCUT2D eigenvalue weighted by Gasteiger charge is 2.24. The zero-order valence-electron chi connectivity index (χ0n) is 11.8. The summed E-state index contributed by atoms with van der Waals surface area (Å²) in [5.41, 5.74) is 2.01. The molecule has 2 aromatic rings. The van der Waals surface area contributed by atoms with E-state index in [0.717, 1.165) is 29.5 Å². The minimum Gasteiger partial charge on any atom is -0.368 e. The van der Waals surface area contributed by atoms with Crippen molar-refractivity contribution in [1.82, 2.24) is 9.88 Å². The molecule has 1 amide bonds. The van der Waals surface area contributed by atoms with Crippen molar-refractivity contribution in [1.29, 1.82) is 0 Å². The second kappa shape index (κ2) is 6.03. The van der Waals surface area contributed by atoms with Gasteiger partial charge in [0.1, 0.15) is 0 Å². The molecule has 4 nitrogen and oxygen atoms in total. The number of hydrogen-bond acceptors (Lipinski definition) is 4. The van der Waals surface area contributed by atoms with Gasteiger partial charge >= 0.3 is 0 Å². The molecular weight excluding hydrogens is 306 g/mol. The molecule has 1 aromatic heterocycles. The van der Waals surface area contributed by atoms with Gasteiger partial charge in [0, 0.05) is 48.0 Å². The van der Waals surface area contributed by atoms with Crippen LogP contribution in [0.2, 0.25) is 5.02 Å². The van der Waals surface area contributed by atoms with Gasteiger partial charge in [-0.3, -0.25) is 4.79 Å². The Hall–Kier alpha value is -1.59. The molecule has 0 saturated carbocycles. The number of carbonyl (C=O) groups is 1. The lowest BCUT2D eigenvalue weighted by Crippen LogP contribution is -2.48. The largest absolute Gasteiger partial charge is 0.368 e. The number of aryl methyl sites for hydroxylation is 1. The van der Waals surface area contributed by atoms with E-state index >= 15 is 0 Å². The molecule has 1 fully saturated rings. The molecule has 0 N–H and O–H groups in total. The van der Waals surface area contributed by atoms with Gasteiger partial charge in [0.15, 0.2) is 5.01 Å². The van der Waals surface area contributed by atoms with Gasteiger partial charge in [0.25, 0.3) is 5.91 Å². The lowest BCUT2D eigenvalue weighted by Gasteiger charge is -2.35. The molecule has 6 heteroatoms. The van der Waals surface area contributed by atoms with E-state index in [1.807, 2.05) is 41.5 Å². The van der Waals surface area contributed by atoms with Crippen molar-refractivity contribution in [2.75, 3.05) is 31.1 Å². The van der Waals surface area contributed by atoms with Crippen LogP contribution in [0.3, 0.4) is 0 Å². The summed E-state index contributed by atoms with van der Waals surface area (Å²) in [6.45, 7) is 4.96. The van der Waals surface area contributed by atoms with Crippen LogP contribution in [0.25, 0.3) is 0 Å². The first kappa shape index (κ1) is 14.4. The van der Waals surface area contributed by atoms with Crippen molar-refractivity contribution in [3.63, 3.8) is 0 Å². The molecule has 0 unspecified atom stereocenters. The summed E-state index contributed by atoms with van der Waals surface area (Å²) in [6.07, 6.45) is 0. The number of nitrogens with zero attached hydrogens (tertiary/aromatic N) is 3. The number of thiazole rings is 1. The topological polar surface area (TPSA) is 36.4 Å². The van der Waals surface area contributed by atoms with E-state index in [1.54, 1.807) is 0 Å². The van der Waals surface area contributed by atoms with E-state index in [2.05, 4.69) is 9.88 Å². The fourth-order valence-electron chi connectivity index (χ4n) is 2.43. The van der Waals surface area contributed by atoms with Crippen LogP contribution in [-0.2, 0) is 0 Å². The summed E-state index contributed by atoms with van der Waals surface area (Å²) in [5, 5.41) is 3.24. The van der Waals surface area contributed by atoms with Crippen LogP contribution in [0.1, 0.15) is 15.5 Å². The Labute approximate surface area is 133 Å². The van der Waals surface area contributed by atoms with Gasteiger partial charge < -0.3 is 9.80 Å². The number of aromatic nitrogens is 1. The van der Waals surface area contributed by atoms with Crippen LogP contribution in [0.5, 0.6) is 0 Å². The van der Waals surface area contributed by atoms with E-state index in [9.17, 15) is 4.79 Å². The summed E-state index contributed by atoms with van der Waals surface area (Å²) in [5.74, 6) is 0.0406. The van der Waals surface area contributed by atoms with Crippen molar-refractivity contribution in [3.05, 3.63) is 45.4 Å². The molecule has 0 bridgehead atoms. The average Bonchev–Trinajstić information content (AvgIpc) is 2.93. The van der Waals surface area contributed by atoms with E-state index in [4.69, 9.17) is 11.6 Å². The Morgan fingerprint density at radius 1 is 1.29 bits per heavy atom. The Balaban J connectivity index is 1.64. The lowest BCUT2D eigenvalue weighted by molar-refractivity contribution is 0.0746. The average molecular weight is 322 g/mol. The molecule has 1 aliphatic heterocycles. The smallest absolute Gasteiger partial charge is 0.282 e. The first-order valence-electron chi connectivity index (χ1n) is 6.85. The summed E-state index contributed by atoms with van der Waals surface area (Å²) >= 11 is 7.44. The van der Waals surface area contributed by atoms with Crippen molar-refractivity contribution in [2.45, 2.75) is 6.92 Å².